The Kier molecular flexibility index (Phi) is 2.98. The maximum Gasteiger partial charge on any atom is 0.189 e. The van der Waals surface area contributed by atoms with E-state index in [-0.39, 0.29) is 19.9 Å². The van der Waals surface area contributed by atoms with Crippen LogP contribution < -0.4 is 4.74 Å². The Labute approximate surface area is 82.3 Å². The lowest BCUT2D eigenvalue weighted by molar-refractivity contribution is -0.303. The second-order valence-electron chi connectivity index (χ2n) is 2.88. The molecule has 2 rings (SSSR count). The molecule has 1 aromatic carbocycles. The topological polar surface area (TPSA) is 36.9 Å². The van der Waals surface area contributed by atoms with Gasteiger partial charge in [-0.15, -0.1) is 0 Å². The first-order valence-corrected chi connectivity index (χ1v) is 4.35. The molecule has 0 aromatic heterocycles. The Morgan fingerprint density at radius 1 is 1.29 bits per heavy atom. The maximum absolute atomic E-state index is 5.26. The van der Waals surface area contributed by atoms with Gasteiger partial charge >= 0.3 is 0 Å². The quantitative estimate of drug-likeness (QED) is 0.721. The summed E-state index contributed by atoms with van der Waals surface area (Å²) >= 11 is 0. The molecular weight excluding hydrogens is 184 g/mol. The Morgan fingerprint density at radius 3 is 2.79 bits per heavy atom. The van der Waals surface area contributed by atoms with Crippen LogP contribution in [0.25, 0.3) is 0 Å². The SMILES string of the molecule is COc1cccc(C2OCOCO2)c1. The van der Waals surface area contributed by atoms with Crippen LogP contribution in [0.5, 0.6) is 5.75 Å². The van der Waals surface area contributed by atoms with Gasteiger partial charge in [-0.05, 0) is 12.1 Å². The predicted octanol–water partition coefficient (Wildman–Crippen LogP) is 1.67. The Bertz CT molecular complexity index is 294. The lowest BCUT2D eigenvalue weighted by atomic mass is 10.2. The van der Waals surface area contributed by atoms with E-state index in [4.69, 9.17) is 18.9 Å². The molecule has 1 aromatic rings. The molecular formula is C10H12O4. The molecule has 1 aliphatic rings. The van der Waals surface area contributed by atoms with Gasteiger partial charge in [-0.25, -0.2) is 0 Å². The largest absolute Gasteiger partial charge is 0.497 e. The van der Waals surface area contributed by atoms with E-state index in [1.807, 2.05) is 24.3 Å². The van der Waals surface area contributed by atoms with E-state index >= 15 is 0 Å². The molecule has 0 unspecified atom stereocenters. The minimum absolute atomic E-state index is 0.266. The number of hydrogen-bond acceptors (Lipinski definition) is 4. The van der Waals surface area contributed by atoms with E-state index < -0.39 is 0 Å². The molecule has 0 N–H and O–H groups in total. The lowest BCUT2D eigenvalue weighted by Gasteiger charge is -2.23. The predicted molar refractivity (Wildman–Crippen MR) is 48.7 cm³/mol. The third-order valence-electron chi connectivity index (χ3n) is 1.97. The minimum Gasteiger partial charge on any atom is -0.497 e. The fourth-order valence-electron chi connectivity index (χ4n) is 1.28. The molecule has 1 saturated heterocycles. The smallest absolute Gasteiger partial charge is 0.189 e. The van der Waals surface area contributed by atoms with Crippen LogP contribution in [-0.2, 0) is 14.2 Å². The molecule has 0 saturated carbocycles. The standard InChI is InChI=1S/C10H12O4/c1-11-9-4-2-3-8(5-9)10-13-6-12-7-14-10/h2-5,10H,6-7H2,1H3. The average Bonchev–Trinajstić information content (AvgIpc) is 2.30. The number of benzene rings is 1. The summed E-state index contributed by atoms with van der Waals surface area (Å²) in [5.74, 6) is 0.793. The van der Waals surface area contributed by atoms with Gasteiger partial charge in [0.1, 0.15) is 5.75 Å². The second kappa shape index (κ2) is 4.41. The van der Waals surface area contributed by atoms with E-state index in [1.54, 1.807) is 7.11 Å². The van der Waals surface area contributed by atoms with Gasteiger partial charge in [-0.3, -0.25) is 0 Å². The number of ether oxygens (including phenoxy) is 4. The third-order valence-corrected chi connectivity index (χ3v) is 1.97. The second-order valence-corrected chi connectivity index (χ2v) is 2.88. The molecule has 4 heteroatoms. The highest BCUT2D eigenvalue weighted by atomic mass is 16.8. The summed E-state index contributed by atoms with van der Waals surface area (Å²) in [6.45, 7) is 0.532. The maximum atomic E-state index is 5.26. The molecule has 0 bridgehead atoms. The molecule has 0 atom stereocenters. The first-order valence-electron chi connectivity index (χ1n) is 4.35. The highest BCUT2D eigenvalue weighted by molar-refractivity contribution is 5.29. The molecule has 0 amide bonds. The van der Waals surface area contributed by atoms with Crippen LogP contribution in [0, 0.1) is 0 Å². The van der Waals surface area contributed by atoms with Crippen molar-refractivity contribution in [1.29, 1.82) is 0 Å². The minimum atomic E-state index is -0.348. The molecule has 1 heterocycles. The fraction of sp³-hybridized carbons (Fsp3) is 0.400. The van der Waals surface area contributed by atoms with Gasteiger partial charge < -0.3 is 18.9 Å². The summed E-state index contributed by atoms with van der Waals surface area (Å²) in [5.41, 5.74) is 0.938. The van der Waals surface area contributed by atoms with Gasteiger partial charge in [-0.2, -0.15) is 0 Å². The van der Waals surface area contributed by atoms with E-state index in [0.29, 0.717) is 0 Å². The first-order chi connectivity index (χ1) is 6.90. The van der Waals surface area contributed by atoms with E-state index in [0.717, 1.165) is 11.3 Å². The molecule has 1 aliphatic heterocycles. The van der Waals surface area contributed by atoms with Crippen LogP contribution in [0.1, 0.15) is 11.9 Å². The third kappa shape index (κ3) is 2.04. The van der Waals surface area contributed by atoms with Crippen molar-refractivity contribution in [2.45, 2.75) is 6.29 Å². The number of hydrogen-bond donors (Lipinski definition) is 0. The zero-order valence-electron chi connectivity index (χ0n) is 7.93. The zero-order chi connectivity index (χ0) is 9.80. The molecule has 76 valence electrons. The van der Waals surface area contributed by atoms with Gasteiger partial charge in [0.2, 0.25) is 0 Å². The average molecular weight is 196 g/mol. The molecule has 1 fully saturated rings. The summed E-state index contributed by atoms with van der Waals surface area (Å²) in [4.78, 5) is 0. The molecule has 14 heavy (non-hydrogen) atoms. The highest BCUT2D eigenvalue weighted by Crippen LogP contribution is 2.24. The summed E-state index contributed by atoms with van der Waals surface area (Å²) in [6.07, 6.45) is -0.348. The Hall–Kier alpha value is -1.10. The normalized spacial score (nSPS) is 18.1. The van der Waals surface area contributed by atoms with Gasteiger partial charge in [-0.1, -0.05) is 12.1 Å². The van der Waals surface area contributed by atoms with Crippen molar-refractivity contribution in [3.8, 4) is 5.75 Å². The first kappa shape index (κ1) is 9.45. The molecule has 0 aliphatic carbocycles. The summed E-state index contributed by atoms with van der Waals surface area (Å²) < 4.78 is 20.5. The summed E-state index contributed by atoms with van der Waals surface area (Å²) in [6, 6.07) is 7.59. The van der Waals surface area contributed by atoms with Crippen LogP contribution in [0.2, 0.25) is 0 Å². The monoisotopic (exact) mass is 196 g/mol. The van der Waals surface area contributed by atoms with E-state index in [2.05, 4.69) is 0 Å². The zero-order valence-corrected chi connectivity index (χ0v) is 7.93. The van der Waals surface area contributed by atoms with Crippen LogP contribution >= 0.6 is 0 Å². The lowest BCUT2D eigenvalue weighted by Crippen LogP contribution is -2.19. The number of rotatable bonds is 2. The van der Waals surface area contributed by atoms with Gasteiger partial charge in [0.15, 0.2) is 19.9 Å². The van der Waals surface area contributed by atoms with Crippen LogP contribution in [0.3, 0.4) is 0 Å². The number of methoxy groups -OCH3 is 1. The van der Waals surface area contributed by atoms with Crippen molar-refractivity contribution >= 4 is 0 Å². The van der Waals surface area contributed by atoms with Crippen molar-refractivity contribution in [2.24, 2.45) is 0 Å². The summed E-state index contributed by atoms with van der Waals surface area (Å²) in [5, 5.41) is 0. The fourth-order valence-corrected chi connectivity index (χ4v) is 1.28. The van der Waals surface area contributed by atoms with Gasteiger partial charge in [0.25, 0.3) is 0 Å². The summed E-state index contributed by atoms with van der Waals surface area (Å²) in [7, 11) is 1.63. The van der Waals surface area contributed by atoms with Crippen molar-refractivity contribution in [2.75, 3.05) is 20.7 Å². The molecule has 0 spiro atoms. The van der Waals surface area contributed by atoms with Gasteiger partial charge in [0, 0.05) is 5.56 Å². The van der Waals surface area contributed by atoms with Crippen molar-refractivity contribution in [3.63, 3.8) is 0 Å². The molecule has 4 nitrogen and oxygen atoms in total. The highest BCUT2D eigenvalue weighted by Gasteiger charge is 2.16. The Balaban J connectivity index is 2.13. The van der Waals surface area contributed by atoms with Crippen molar-refractivity contribution in [3.05, 3.63) is 29.8 Å². The Morgan fingerprint density at radius 2 is 2.07 bits per heavy atom. The van der Waals surface area contributed by atoms with Crippen LogP contribution in [0.15, 0.2) is 24.3 Å². The molecule has 0 radical (unpaired) electrons. The van der Waals surface area contributed by atoms with E-state index in [1.165, 1.54) is 0 Å². The van der Waals surface area contributed by atoms with E-state index in [9.17, 15) is 0 Å². The van der Waals surface area contributed by atoms with Crippen LogP contribution in [0.4, 0.5) is 0 Å². The van der Waals surface area contributed by atoms with Crippen LogP contribution in [-0.4, -0.2) is 20.7 Å². The van der Waals surface area contributed by atoms with Crippen molar-refractivity contribution < 1.29 is 18.9 Å². The van der Waals surface area contributed by atoms with Crippen molar-refractivity contribution in [1.82, 2.24) is 0 Å². The van der Waals surface area contributed by atoms with Gasteiger partial charge in [0.05, 0.1) is 7.11 Å².